The van der Waals surface area contributed by atoms with Crippen molar-refractivity contribution in [1.82, 2.24) is 15.5 Å². The number of aromatic nitrogens is 2. The van der Waals surface area contributed by atoms with E-state index in [1.54, 1.807) is 23.1 Å². The smallest absolute Gasteiger partial charge is 0.208 e. The lowest BCUT2D eigenvalue weighted by atomic mass is 10.2. The predicted octanol–water partition coefficient (Wildman–Crippen LogP) is 3.63. The van der Waals surface area contributed by atoms with Crippen LogP contribution in [0.3, 0.4) is 0 Å². The molecule has 1 aromatic heterocycles. The molecule has 1 aromatic carbocycles. The zero-order valence-electron chi connectivity index (χ0n) is 11.7. The van der Waals surface area contributed by atoms with Crippen LogP contribution in [0.25, 0.3) is 0 Å². The summed E-state index contributed by atoms with van der Waals surface area (Å²) in [4.78, 5) is 3.18. The van der Waals surface area contributed by atoms with Crippen molar-refractivity contribution >= 4 is 44.2 Å². The highest BCUT2D eigenvalue weighted by molar-refractivity contribution is 9.10. The van der Waals surface area contributed by atoms with Gasteiger partial charge in [0.15, 0.2) is 4.34 Å². The van der Waals surface area contributed by atoms with E-state index in [-0.39, 0.29) is 0 Å². The fourth-order valence-electron chi connectivity index (χ4n) is 1.55. The average Bonchev–Trinajstić information content (AvgIpc) is 2.87. The lowest BCUT2D eigenvalue weighted by Crippen LogP contribution is -2.12. The molecule has 2 rings (SSSR count). The van der Waals surface area contributed by atoms with Crippen molar-refractivity contribution in [2.75, 3.05) is 25.5 Å². The van der Waals surface area contributed by atoms with Gasteiger partial charge in [0.05, 0.1) is 0 Å². The Hall–Kier alpha value is -0.630. The number of halogens is 1. The maximum atomic E-state index is 4.24. The van der Waals surface area contributed by atoms with E-state index in [2.05, 4.69) is 56.6 Å². The number of benzene rings is 1. The van der Waals surface area contributed by atoms with Crippen molar-refractivity contribution < 1.29 is 0 Å². The number of nitrogens with one attached hydrogen (secondary N) is 1. The molecular formula is C13H17BrN4S2. The summed E-state index contributed by atoms with van der Waals surface area (Å²) in [5.41, 5.74) is 1.28. The molecule has 0 aliphatic carbocycles. The van der Waals surface area contributed by atoms with Gasteiger partial charge in [-0.1, -0.05) is 52.0 Å². The standard InChI is InChI=1S/C13H17BrN4S2/c1-4-15-8-9-5-6-10(14)7-11(9)19-13-17-16-12(20-13)18(2)3/h5-7,15H,4,8H2,1-3H3. The third-order valence-electron chi connectivity index (χ3n) is 2.57. The van der Waals surface area contributed by atoms with Gasteiger partial charge in [-0.15, -0.1) is 10.2 Å². The van der Waals surface area contributed by atoms with Crippen molar-refractivity contribution in [1.29, 1.82) is 0 Å². The second-order valence-electron chi connectivity index (χ2n) is 4.38. The van der Waals surface area contributed by atoms with Crippen LogP contribution in [0.2, 0.25) is 0 Å². The van der Waals surface area contributed by atoms with E-state index in [0.29, 0.717) is 0 Å². The van der Waals surface area contributed by atoms with Crippen LogP contribution in [0.1, 0.15) is 12.5 Å². The molecule has 20 heavy (non-hydrogen) atoms. The van der Waals surface area contributed by atoms with Crippen LogP contribution in [0.4, 0.5) is 5.13 Å². The third-order valence-corrected chi connectivity index (χ3v) is 5.31. The number of hydrogen-bond acceptors (Lipinski definition) is 6. The van der Waals surface area contributed by atoms with E-state index in [1.165, 1.54) is 10.5 Å². The summed E-state index contributed by atoms with van der Waals surface area (Å²) in [5.74, 6) is 0. The first-order valence-electron chi connectivity index (χ1n) is 6.28. The summed E-state index contributed by atoms with van der Waals surface area (Å²) in [6.45, 7) is 3.94. The normalized spacial score (nSPS) is 10.8. The summed E-state index contributed by atoms with van der Waals surface area (Å²) >= 11 is 6.80. The van der Waals surface area contributed by atoms with Crippen LogP contribution in [0.5, 0.6) is 0 Å². The van der Waals surface area contributed by atoms with Crippen LogP contribution in [-0.2, 0) is 6.54 Å². The number of hydrogen-bond donors (Lipinski definition) is 1. The molecule has 7 heteroatoms. The van der Waals surface area contributed by atoms with Crippen LogP contribution < -0.4 is 10.2 Å². The first-order valence-corrected chi connectivity index (χ1v) is 8.70. The minimum absolute atomic E-state index is 0.867. The average molecular weight is 373 g/mol. The fourth-order valence-corrected chi connectivity index (χ4v) is 3.95. The van der Waals surface area contributed by atoms with Gasteiger partial charge < -0.3 is 10.2 Å². The molecule has 0 unspecified atom stereocenters. The van der Waals surface area contributed by atoms with Gasteiger partial charge in [0.2, 0.25) is 5.13 Å². The zero-order chi connectivity index (χ0) is 14.5. The number of nitrogens with zero attached hydrogens (tertiary/aromatic N) is 3. The van der Waals surface area contributed by atoms with Crippen LogP contribution in [0.15, 0.2) is 31.9 Å². The van der Waals surface area contributed by atoms with Gasteiger partial charge in [-0.25, -0.2) is 0 Å². The molecular weight excluding hydrogens is 356 g/mol. The Morgan fingerprint density at radius 3 is 2.80 bits per heavy atom. The highest BCUT2D eigenvalue weighted by Crippen LogP contribution is 2.35. The lowest BCUT2D eigenvalue weighted by molar-refractivity contribution is 0.717. The minimum Gasteiger partial charge on any atom is -0.353 e. The predicted molar refractivity (Wildman–Crippen MR) is 89.9 cm³/mol. The summed E-state index contributed by atoms with van der Waals surface area (Å²) in [6, 6.07) is 6.35. The minimum atomic E-state index is 0.867. The van der Waals surface area contributed by atoms with Crippen LogP contribution in [-0.4, -0.2) is 30.8 Å². The van der Waals surface area contributed by atoms with Crippen molar-refractivity contribution in [3.05, 3.63) is 28.2 Å². The molecule has 1 heterocycles. The molecule has 0 spiro atoms. The SMILES string of the molecule is CCNCc1ccc(Br)cc1Sc1nnc(N(C)C)s1. The van der Waals surface area contributed by atoms with E-state index < -0.39 is 0 Å². The van der Waals surface area contributed by atoms with E-state index in [9.17, 15) is 0 Å². The van der Waals surface area contributed by atoms with Gasteiger partial charge >= 0.3 is 0 Å². The van der Waals surface area contributed by atoms with Crippen molar-refractivity contribution in [2.24, 2.45) is 0 Å². The molecule has 0 aliphatic heterocycles. The van der Waals surface area contributed by atoms with Gasteiger partial charge in [0.25, 0.3) is 0 Å². The fraction of sp³-hybridized carbons (Fsp3) is 0.385. The summed E-state index contributed by atoms with van der Waals surface area (Å²) in [6.07, 6.45) is 0. The maximum Gasteiger partial charge on any atom is 0.208 e. The highest BCUT2D eigenvalue weighted by atomic mass is 79.9. The highest BCUT2D eigenvalue weighted by Gasteiger charge is 2.10. The largest absolute Gasteiger partial charge is 0.353 e. The second-order valence-corrected chi connectivity index (χ2v) is 7.54. The number of anilines is 1. The quantitative estimate of drug-likeness (QED) is 0.838. The molecule has 0 saturated heterocycles. The Labute approximate surface area is 136 Å². The summed E-state index contributed by atoms with van der Waals surface area (Å²) < 4.78 is 2.04. The topological polar surface area (TPSA) is 41.1 Å². The summed E-state index contributed by atoms with van der Waals surface area (Å²) in [7, 11) is 3.95. The Morgan fingerprint density at radius 2 is 2.15 bits per heavy atom. The molecule has 0 radical (unpaired) electrons. The Morgan fingerprint density at radius 1 is 1.35 bits per heavy atom. The van der Waals surface area contributed by atoms with E-state index in [1.807, 2.05) is 19.0 Å². The third kappa shape index (κ3) is 4.18. The van der Waals surface area contributed by atoms with Gasteiger partial charge in [-0.3, -0.25) is 0 Å². The van der Waals surface area contributed by atoms with Gasteiger partial charge in [-0.05, 0) is 24.2 Å². The monoisotopic (exact) mass is 372 g/mol. The Balaban J connectivity index is 2.19. The van der Waals surface area contributed by atoms with Gasteiger partial charge in [0.1, 0.15) is 0 Å². The second kappa shape index (κ2) is 7.40. The molecule has 0 amide bonds. The molecule has 0 atom stereocenters. The summed E-state index contributed by atoms with van der Waals surface area (Å²) in [5, 5.41) is 12.7. The first kappa shape index (κ1) is 15.8. The Bertz CT molecular complexity index is 571. The van der Waals surface area contributed by atoms with E-state index >= 15 is 0 Å². The van der Waals surface area contributed by atoms with Crippen molar-refractivity contribution in [2.45, 2.75) is 22.7 Å². The van der Waals surface area contributed by atoms with Gasteiger partial charge in [-0.2, -0.15) is 0 Å². The van der Waals surface area contributed by atoms with Crippen LogP contribution >= 0.6 is 39.0 Å². The molecule has 2 aromatic rings. The van der Waals surface area contributed by atoms with E-state index in [0.717, 1.165) is 27.0 Å². The zero-order valence-corrected chi connectivity index (χ0v) is 14.9. The molecule has 0 saturated carbocycles. The van der Waals surface area contributed by atoms with Crippen molar-refractivity contribution in [3.8, 4) is 0 Å². The first-order chi connectivity index (χ1) is 9.60. The Kier molecular flexibility index (Phi) is 5.83. The maximum absolute atomic E-state index is 4.24. The molecule has 1 N–H and O–H groups in total. The van der Waals surface area contributed by atoms with Crippen LogP contribution in [0, 0.1) is 0 Å². The molecule has 0 fully saturated rings. The number of rotatable bonds is 6. The van der Waals surface area contributed by atoms with Gasteiger partial charge in [0, 0.05) is 30.0 Å². The van der Waals surface area contributed by atoms with Crippen molar-refractivity contribution in [3.63, 3.8) is 0 Å². The molecule has 108 valence electrons. The molecule has 0 aliphatic rings. The lowest BCUT2D eigenvalue weighted by Gasteiger charge is -2.08. The molecule has 0 bridgehead atoms. The van der Waals surface area contributed by atoms with E-state index in [4.69, 9.17) is 0 Å². The molecule has 4 nitrogen and oxygen atoms in total.